The van der Waals surface area contributed by atoms with Gasteiger partial charge >= 0.3 is 0 Å². The molecule has 0 aliphatic carbocycles. The van der Waals surface area contributed by atoms with Crippen LogP contribution in [0.3, 0.4) is 0 Å². The Morgan fingerprint density at radius 2 is 1.34 bits per heavy atom. The van der Waals surface area contributed by atoms with E-state index in [1.165, 1.54) is 0 Å². The van der Waals surface area contributed by atoms with Gasteiger partial charge in [-0.15, -0.1) is 0 Å². The van der Waals surface area contributed by atoms with E-state index in [1.807, 2.05) is 54.6 Å². The van der Waals surface area contributed by atoms with Gasteiger partial charge in [0.25, 0.3) is 0 Å². The Bertz CT molecular complexity index is 1110. The van der Waals surface area contributed by atoms with E-state index in [4.69, 9.17) is 18.9 Å². The van der Waals surface area contributed by atoms with Gasteiger partial charge in [0.15, 0.2) is 11.9 Å². The van der Waals surface area contributed by atoms with Crippen LogP contribution >= 0.6 is 0 Å². The molecule has 1 aliphatic rings. The highest BCUT2D eigenvalue weighted by atomic mass is 16.7. The summed E-state index contributed by atoms with van der Waals surface area (Å²) in [6.45, 7) is 4.10. The van der Waals surface area contributed by atoms with Crippen molar-refractivity contribution in [3.63, 3.8) is 0 Å². The molecule has 1 heterocycles. The summed E-state index contributed by atoms with van der Waals surface area (Å²) in [5.74, 6) is -2.14. The van der Waals surface area contributed by atoms with Crippen molar-refractivity contribution < 1.29 is 28.5 Å². The molecule has 0 amide bonds. The average molecular weight is 475 g/mol. The molecule has 3 aromatic carbocycles. The maximum Gasteiger partial charge on any atom is 0.238 e. The summed E-state index contributed by atoms with van der Waals surface area (Å²) in [4.78, 5) is 27.3. The fourth-order valence-corrected chi connectivity index (χ4v) is 4.41. The first-order valence-corrected chi connectivity index (χ1v) is 11.9. The molecule has 6 heteroatoms. The van der Waals surface area contributed by atoms with Crippen molar-refractivity contribution in [2.75, 3.05) is 19.8 Å². The largest absolute Gasteiger partial charge is 0.348 e. The van der Waals surface area contributed by atoms with Gasteiger partial charge in [0.1, 0.15) is 0 Å². The standard InChI is InChI=1S/C29H30O6/c1-3-33-29(34-4-2,27(31)23-16-10-6-11-17-23)20-25-32-21-28(35-25,24-18-12-7-13-19-24)26(30)22-14-8-5-9-15-22/h5-19,25H,3-4,20-21H2,1-2H3. The Hall–Kier alpha value is -3.16. The van der Waals surface area contributed by atoms with E-state index >= 15 is 0 Å². The molecule has 1 fully saturated rings. The lowest BCUT2D eigenvalue weighted by molar-refractivity contribution is -0.232. The molecule has 0 aromatic heterocycles. The monoisotopic (exact) mass is 474 g/mol. The Kier molecular flexibility index (Phi) is 7.88. The summed E-state index contributed by atoms with van der Waals surface area (Å²) in [5.41, 5.74) is 0.306. The van der Waals surface area contributed by atoms with E-state index in [-0.39, 0.29) is 37.8 Å². The number of hydrogen-bond donors (Lipinski definition) is 0. The van der Waals surface area contributed by atoms with E-state index in [9.17, 15) is 9.59 Å². The molecule has 2 unspecified atom stereocenters. The van der Waals surface area contributed by atoms with E-state index in [0.29, 0.717) is 16.7 Å². The highest BCUT2D eigenvalue weighted by Gasteiger charge is 2.53. The number of ketones is 2. The van der Waals surface area contributed by atoms with Gasteiger partial charge in [-0.2, -0.15) is 0 Å². The number of Topliss-reactive ketones (excluding diaryl/α,β-unsaturated/α-hetero) is 2. The van der Waals surface area contributed by atoms with Crippen molar-refractivity contribution in [3.05, 3.63) is 108 Å². The third-order valence-electron chi connectivity index (χ3n) is 6.02. The van der Waals surface area contributed by atoms with Crippen molar-refractivity contribution in [1.82, 2.24) is 0 Å². The van der Waals surface area contributed by atoms with Gasteiger partial charge in [-0.3, -0.25) is 9.59 Å². The quantitative estimate of drug-likeness (QED) is 0.282. The zero-order chi connectivity index (χ0) is 24.7. The molecular weight excluding hydrogens is 444 g/mol. The van der Waals surface area contributed by atoms with Crippen LogP contribution in [0.5, 0.6) is 0 Å². The SMILES string of the molecule is CCOC(CC1OCC(C(=O)c2ccccc2)(c2ccccc2)O1)(OCC)C(=O)c1ccccc1. The third kappa shape index (κ3) is 5.11. The second-order valence-electron chi connectivity index (χ2n) is 8.26. The predicted octanol–water partition coefficient (Wildman–Crippen LogP) is 5.18. The number of benzene rings is 3. The fraction of sp³-hybridized carbons (Fsp3) is 0.310. The van der Waals surface area contributed by atoms with Crippen molar-refractivity contribution in [3.8, 4) is 0 Å². The molecule has 1 aliphatic heterocycles. The maximum absolute atomic E-state index is 13.8. The van der Waals surface area contributed by atoms with Crippen LogP contribution in [0.25, 0.3) is 0 Å². The normalized spacial score (nSPS) is 20.0. The molecule has 0 N–H and O–H groups in total. The minimum absolute atomic E-state index is 0.00324. The molecule has 3 aromatic rings. The first-order valence-electron chi connectivity index (χ1n) is 11.9. The van der Waals surface area contributed by atoms with Crippen LogP contribution in [0.2, 0.25) is 0 Å². The summed E-state index contributed by atoms with van der Waals surface area (Å²) < 4.78 is 24.3. The molecule has 1 saturated heterocycles. The van der Waals surface area contributed by atoms with Gasteiger partial charge in [0.2, 0.25) is 17.4 Å². The number of carbonyl (C=O) groups is 2. The van der Waals surface area contributed by atoms with Gasteiger partial charge in [0, 0.05) is 24.3 Å². The topological polar surface area (TPSA) is 71.1 Å². The highest BCUT2D eigenvalue weighted by Crippen LogP contribution is 2.40. The van der Waals surface area contributed by atoms with Gasteiger partial charge in [-0.1, -0.05) is 91.0 Å². The predicted molar refractivity (Wildman–Crippen MR) is 131 cm³/mol. The lowest BCUT2D eigenvalue weighted by atomic mass is 9.86. The molecule has 0 radical (unpaired) electrons. The first-order chi connectivity index (χ1) is 17.0. The van der Waals surface area contributed by atoms with Crippen LogP contribution in [-0.4, -0.2) is 43.5 Å². The zero-order valence-electron chi connectivity index (χ0n) is 20.0. The lowest BCUT2D eigenvalue weighted by Gasteiger charge is -2.34. The van der Waals surface area contributed by atoms with E-state index in [1.54, 1.807) is 50.2 Å². The van der Waals surface area contributed by atoms with Gasteiger partial charge in [-0.05, 0) is 19.4 Å². The second kappa shape index (κ2) is 11.1. The molecule has 35 heavy (non-hydrogen) atoms. The third-order valence-corrected chi connectivity index (χ3v) is 6.02. The van der Waals surface area contributed by atoms with Gasteiger partial charge in [0.05, 0.1) is 13.0 Å². The van der Waals surface area contributed by atoms with Crippen molar-refractivity contribution in [2.45, 2.75) is 37.9 Å². The van der Waals surface area contributed by atoms with Crippen molar-refractivity contribution in [2.24, 2.45) is 0 Å². The fourth-order valence-electron chi connectivity index (χ4n) is 4.41. The van der Waals surface area contributed by atoms with Crippen LogP contribution in [0.15, 0.2) is 91.0 Å². The van der Waals surface area contributed by atoms with E-state index in [0.717, 1.165) is 0 Å². The first kappa shape index (κ1) is 24.9. The minimum atomic E-state index is -1.61. The lowest BCUT2D eigenvalue weighted by Crippen LogP contribution is -2.48. The summed E-state index contributed by atoms with van der Waals surface area (Å²) in [7, 11) is 0. The number of carbonyl (C=O) groups excluding carboxylic acids is 2. The van der Waals surface area contributed by atoms with Crippen LogP contribution < -0.4 is 0 Å². The molecule has 0 spiro atoms. The van der Waals surface area contributed by atoms with Gasteiger partial charge in [-0.25, -0.2) is 0 Å². The van der Waals surface area contributed by atoms with Crippen LogP contribution in [0.1, 0.15) is 46.5 Å². The van der Waals surface area contributed by atoms with E-state index < -0.39 is 17.7 Å². The Labute approximate surface area is 205 Å². The minimum Gasteiger partial charge on any atom is -0.348 e. The van der Waals surface area contributed by atoms with Crippen LogP contribution in [0.4, 0.5) is 0 Å². The average Bonchev–Trinajstić information content (AvgIpc) is 3.34. The number of ether oxygens (including phenoxy) is 4. The molecular formula is C29H30O6. The molecule has 182 valence electrons. The Morgan fingerprint density at radius 1 is 0.829 bits per heavy atom. The number of rotatable bonds is 11. The highest BCUT2D eigenvalue weighted by molar-refractivity contribution is 6.03. The van der Waals surface area contributed by atoms with Crippen LogP contribution in [0, 0.1) is 0 Å². The van der Waals surface area contributed by atoms with Crippen LogP contribution in [-0.2, 0) is 24.5 Å². The van der Waals surface area contributed by atoms with Gasteiger partial charge < -0.3 is 18.9 Å². The van der Waals surface area contributed by atoms with Crippen molar-refractivity contribution in [1.29, 1.82) is 0 Å². The zero-order valence-corrected chi connectivity index (χ0v) is 20.0. The molecule has 0 bridgehead atoms. The molecule has 0 saturated carbocycles. The van der Waals surface area contributed by atoms with Crippen molar-refractivity contribution >= 4 is 11.6 Å². The summed E-state index contributed by atoms with van der Waals surface area (Å²) in [5, 5.41) is 0. The number of hydrogen-bond acceptors (Lipinski definition) is 6. The molecule has 4 rings (SSSR count). The smallest absolute Gasteiger partial charge is 0.238 e. The molecule has 6 nitrogen and oxygen atoms in total. The maximum atomic E-state index is 13.8. The summed E-state index contributed by atoms with van der Waals surface area (Å²) in [6, 6.07) is 27.1. The Morgan fingerprint density at radius 3 is 1.89 bits per heavy atom. The second-order valence-corrected chi connectivity index (χ2v) is 8.26. The summed E-state index contributed by atoms with van der Waals surface area (Å²) in [6.07, 6.45) is -0.937. The Balaban J connectivity index is 1.68. The molecule has 2 atom stereocenters. The summed E-state index contributed by atoms with van der Waals surface area (Å²) >= 11 is 0. The van der Waals surface area contributed by atoms with E-state index in [2.05, 4.69) is 0 Å².